The van der Waals surface area contributed by atoms with Crippen molar-refractivity contribution < 1.29 is 18.7 Å². The first-order valence-corrected chi connectivity index (χ1v) is 10.6. The number of aliphatic carboxylic acids is 1. The molecule has 3 fully saturated rings. The second kappa shape index (κ2) is 6.98. The van der Waals surface area contributed by atoms with Crippen molar-refractivity contribution in [2.75, 3.05) is 5.32 Å². The highest BCUT2D eigenvalue weighted by Gasteiger charge is 2.47. The van der Waals surface area contributed by atoms with E-state index in [0.29, 0.717) is 27.8 Å². The number of hydrogen-bond donors (Lipinski definition) is 3. The van der Waals surface area contributed by atoms with Gasteiger partial charge in [-0.3, -0.25) is 9.20 Å². The minimum atomic E-state index is -0.862. The zero-order chi connectivity index (χ0) is 22.0. The number of carbonyl (C=O) groups is 1. The van der Waals surface area contributed by atoms with Crippen LogP contribution in [0.3, 0.4) is 0 Å². The third kappa shape index (κ3) is 2.78. The smallest absolute Gasteiger partial charge is 0.308 e. The fraction of sp³-hybridized carbons (Fsp3) is 0.364. The van der Waals surface area contributed by atoms with Gasteiger partial charge >= 0.3 is 5.97 Å². The van der Waals surface area contributed by atoms with Gasteiger partial charge in [0.2, 0.25) is 5.95 Å². The normalized spacial score (nSPS) is 24.9. The van der Waals surface area contributed by atoms with Crippen LogP contribution >= 0.6 is 0 Å². The predicted octanol–water partition coefficient (Wildman–Crippen LogP) is 3.85. The van der Waals surface area contributed by atoms with Crippen LogP contribution in [-0.4, -0.2) is 41.5 Å². The van der Waals surface area contributed by atoms with Crippen molar-refractivity contribution in [3.8, 4) is 11.3 Å². The Morgan fingerprint density at radius 3 is 2.75 bits per heavy atom. The molecule has 4 aromatic heterocycles. The molecule has 0 spiro atoms. The molecule has 4 aromatic rings. The summed E-state index contributed by atoms with van der Waals surface area (Å²) in [6, 6.07) is 0.942. The molecule has 4 heterocycles. The second-order valence-electron chi connectivity index (χ2n) is 8.71. The number of nitrogens with zero attached hydrogens (tertiary/aromatic N) is 4. The maximum absolute atomic E-state index is 15.4. The summed E-state index contributed by atoms with van der Waals surface area (Å²) in [4.78, 5) is 27.7. The van der Waals surface area contributed by atoms with Crippen LogP contribution < -0.4 is 5.32 Å². The summed E-state index contributed by atoms with van der Waals surface area (Å²) in [6.45, 7) is 0. The Morgan fingerprint density at radius 1 is 1.19 bits per heavy atom. The van der Waals surface area contributed by atoms with E-state index in [1.54, 1.807) is 6.20 Å². The molecule has 0 aromatic carbocycles. The summed E-state index contributed by atoms with van der Waals surface area (Å²) in [6.07, 6.45) is 9.20. The molecular weight excluding hydrogens is 418 g/mol. The number of hydrogen-bond acceptors (Lipinski definition) is 5. The number of anilines is 1. The molecule has 164 valence electrons. The van der Waals surface area contributed by atoms with Crippen LogP contribution in [0.4, 0.5) is 14.6 Å². The van der Waals surface area contributed by atoms with Crippen molar-refractivity contribution >= 4 is 28.3 Å². The van der Waals surface area contributed by atoms with Crippen molar-refractivity contribution in [2.24, 2.45) is 17.8 Å². The average molecular weight is 438 g/mol. The third-order valence-corrected chi connectivity index (χ3v) is 7.07. The molecule has 7 rings (SSSR count). The molecule has 32 heavy (non-hydrogen) atoms. The third-order valence-electron chi connectivity index (χ3n) is 7.07. The highest BCUT2D eigenvalue weighted by Crippen LogP contribution is 2.46. The number of carboxylic acids is 1. The van der Waals surface area contributed by atoms with Gasteiger partial charge in [0, 0.05) is 23.2 Å². The van der Waals surface area contributed by atoms with Crippen molar-refractivity contribution in [1.29, 1.82) is 0 Å². The van der Waals surface area contributed by atoms with Crippen LogP contribution in [0.5, 0.6) is 0 Å². The molecule has 3 aliphatic carbocycles. The quantitative estimate of drug-likeness (QED) is 0.447. The minimum Gasteiger partial charge on any atom is -0.481 e. The Bertz CT molecular complexity index is 1360. The van der Waals surface area contributed by atoms with Crippen LogP contribution in [0.15, 0.2) is 31.0 Å². The molecule has 3 aliphatic rings. The van der Waals surface area contributed by atoms with E-state index >= 15 is 4.39 Å². The molecule has 2 bridgehead atoms. The van der Waals surface area contributed by atoms with Crippen molar-refractivity contribution in [1.82, 2.24) is 24.3 Å². The van der Waals surface area contributed by atoms with Gasteiger partial charge in [0.05, 0.1) is 23.8 Å². The van der Waals surface area contributed by atoms with E-state index in [1.165, 1.54) is 23.0 Å². The van der Waals surface area contributed by atoms with Crippen LogP contribution in [0.1, 0.15) is 25.7 Å². The summed E-state index contributed by atoms with van der Waals surface area (Å²) in [5, 5.41) is 13.5. The van der Waals surface area contributed by atoms with E-state index in [9.17, 15) is 14.3 Å². The lowest BCUT2D eigenvalue weighted by Crippen LogP contribution is -2.51. The van der Waals surface area contributed by atoms with Gasteiger partial charge in [-0.25, -0.2) is 19.3 Å². The van der Waals surface area contributed by atoms with Crippen LogP contribution in [0.2, 0.25) is 0 Å². The molecule has 10 heteroatoms. The van der Waals surface area contributed by atoms with E-state index in [4.69, 9.17) is 0 Å². The average Bonchev–Trinajstić information content (AvgIpc) is 3.44. The molecule has 0 radical (unpaired) electrons. The topological polar surface area (TPSA) is 108 Å². The fourth-order valence-corrected chi connectivity index (χ4v) is 5.59. The number of aromatic amines is 1. The van der Waals surface area contributed by atoms with Crippen LogP contribution in [-0.2, 0) is 4.79 Å². The van der Waals surface area contributed by atoms with Gasteiger partial charge in [0.25, 0.3) is 0 Å². The monoisotopic (exact) mass is 438 g/mol. The largest absolute Gasteiger partial charge is 0.481 e. The number of aromatic nitrogens is 5. The summed E-state index contributed by atoms with van der Waals surface area (Å²) >= 11 is 0. The number of halogens is 2. The lowest BCUT2D eigenvalue weighted by atomic mass is 9.61. The zero-order valence-electron chi connectivity index (χ0n) is 16.9. The van der Waals surface area contributed by atoms with Gasteiger partial charge in [0.1, 0.15) is 23.5 Å². The lowest BCUT2D eigenvalue weighted by Gasteiger charge is -2.47. The number of rotatable bonds is 4. The van der Waals surface area contributed by atoms with Gasteiger partial charge in [0.15, 0.2) is 5.82 Å². The maximum Gasteiger partial charge on any atom is 0.308 e. The Morgan fingerprint density at radius 2 is 1.97 bits per heavy atom. The molecule has 8 nitrogen and oxygen atoms in total. The molecule has 3 saturated carbocycles. The Kier molecular flexibility index (Phi) is 4.17. The number of H-pyrrole nitrogens is 1. The fourth-order valence-electron chi connectivity index (χ4n) is 5.59. The first-order chi connectivity index (χ1) is 15.5. The molecule has 0 aliphatic heterocycles. The van der Waals surface area contributed by atoms with E-state index in [2.05, 4.69) is 25.3 Å². The highest BCUT2D eigenvalue weighted by atomic mass is 19.1. The number of carboxylic acid groups (broad SMARTS) is 1. The van der Waals surface area contributed by atoms with E-state index in [-0.39, 0.29) is 17.7 Å². The molecule has 2 atom stereocenters. The molecule has 0 saturated heterocycles. The van der Waals surface area contributed by atoms with Gasteiger partial charge in [-0.2, -0.15) is 4.39 Å². The van der Waals surface area contributed by atoms with Crippen LogP contribution in [0.25, 0.3) is 27.8 Å². The van der Waals surface area contributed by atoms with E-state index < -0.39 is 29.7 Å². The van der Waals surface area contributed by atoms with Crippen LogP contribution in [0, 0.1) is 29.5 Å². The summed E-state index contributed by atoms with van der Waals surface area (Å²) in [5.41, 5.74) is 1.85. The number of imidazole rings is 1. The maximum atomic E-state index is 15.4. The molecule has 0 amide bonds. The predicted molar refractivity (Wildman–Crippen MR) is 112 cm³/mol. The number of nitrogens with one attached hydrogen (secondary N) is 2. The van der Waals surface area contributed by atoms with E-state index in [1.807, 2.05) is 0 Å². The molecular formula is C22H20F2N6O2. The van der Waals surface area contributed by atoms with Crippen molar-refractivity contribution in [2.45, 2.75) is 31.7 Å². The first-order valence-electron chi connectivity index (χ1n) is 10.6. The Labute approximate surface area is 180 Å². The Balaban J connectivity index is 1.49. The highest BCUT2D eigenvalue weighted by molar-refractivity contribution is 5.96. The van der Waals surface area contributed by atoms with Gasteiger partial charge < -0.3 is 15.4 Å². The lowest BCUT2D eigenvalue weighted by molar-refractivity contribution is -0.148. The Hall–Kier alpha value is -3.56. The van der Waals surface area contributed by atoms with Gasteiger partial charge in [-0.15, -0.1) is 0 Å². The standard InChI is InChI=1S/C22H20F2N6O2/c23-12-5-13-14(7-27-20(13)26-6-12)18-15-8-25-9-30(15)19(24)21(29-18)28-17-11-3-1-10(2-4-11)16(17)22(31)32/h5-11,16-17,28H,1-4H2,(H,26,27)(H,31,32)/t10-,11+,16-,17?/m0/s1. The molecule has 3 N–H and O–H groups in total. The molecule has 1 unspecified atom stereocenters. The van der Waals surface area contributed by atoms with E-state index in [0.717, 1.165) is 31.9 Å². The van der Waals surface area contributed by atoms with Crippen molar-refractivity contribution in [3.63, 3.8) is 0 Å². The summed E-state index contributed by atoms with van der Waals surface area (Å²) in [7, 11) is 0. The number of pyridine rings is 1. The number of fused-ring (bicyclic) bond motifs is 5. The summed E-state index contributed by atoms with van der Waals surface area (Å²) < 4.78 is 30.5. The van der Waals surface area contributed by atoms with Gasteiger partial charge in [-0.1, -0.05) is 0 Å². The SMILES string of the molecule is O=C(O)[C@@H]1C(Nc2nc(-c3c[nH]c4ncc(F)cc34)c3cncn3c2F)[C@H]2CC[C@@H]1CC2. The van der Waals surface area contributed by atoms with Crippen molar-refractivity contribution in [3.05, 3.63) is 42.7 Å². The summed E-state index contributed by atoms with van der Waals surface area (Å²) in [5.74, 6) is -2.39. The minimum absolute atomic E-state index is 0.0342. The zero-order valence-corrected chi connectivity index (χ0v) is 16.9. The van der Waals surface area contributed by atoms with Gasteiger partial charge in [-0.05, 0) is 43.6 Å². The first kappa shape index (κ1) is 19.1. The second-order valence-corrected chi connectivity index (χ2v) is 8.71.